The fraction of sp³-hybridized carbons (Fsp3) is 0.793. The molecule has 0 unspecified atom stereocenters. The third kappa shape index (κ3) is 11.4. The van der Waals surface area contributed by atoms with Crippen LogP contribution >= 0.6 is 0 Å². The van der Waals surface area contributed by atoms with Crippen LogP contribution in [0.1, 0.15) is 143 Å². The molecular formula is C29H51NO3. The van der Waals surface area contributed by atoms with Gasteiger partial charge in [-0.1, -0.05) is 96.8 Å². The molecule has 1 rings (SSSR count). The Bertz CT molecular complexity index is 690. The first-order valence-corrected chi connectivity index (χ1v) is 13.7. The summed E-state index contributed by atoms with van der Waals surface area (Å²) in [6.07, 6.45) is 21.6. The quantitative estimate of drug-likeness (QED) is 0.112. The van der Waals surface area contributed by atoms with Crippen molar-refractivity contribution in [2.75, 3.05) is 7.11 Å². The molecule has 1 heterocycles. The largest absolute Gasteiger partial charge is 0.469 e. The molecule has 0 aliphatic carbocycles. The number of ketones is 1. The fourth-order valence-electron chi connectivity index (χ4n) is 4.91. The molecule has 0 aliphatic heterocycles. The van der Waals surface area contributed by atoms with E-state index in [0.29, 0.717) is 19.3 Å². The third-order valence-electron chi connectivity index (χ3n) is 7.16. The van der Waals surface area contributed by atoms with Crippen LogP contribution in [0, 0.1) is 13.8 Å². The number of methoxy groups -OCH3 is 1. The van der Waals surface area contributed by atoms with Gasteiger partial charge in [0.1, 0.15) is 0 Å². The normalized spacial score (nSPS) is 11.2. The van der Waals surface area contributed by atoms with Crippen molar-refractivity contribution >= 4 is 11.8 Å². The second kappa shape index (κ2) is 17.8. The monoisotopic (exact) mass is 461 g/mol. The minimum atomic E-state index is -0.209. The van der Waals surface area contributed by atoms with Crippen LogP contribution < -0.4 is 0 Å². The Morgan fingerprint density at radius 1 is 0.727 bits per heavy atom. The van der Waals surface area contributed by atoms with Crippen LogP contribution in [0.4, 0.5) is 0 Å². The lowest BCUT2D eigenvalue weighted by atomic mass is 9.99. The summed E-state index contributed by atoms with van der Waals surface area (Å²) in [5.41, 5.74) is 3.98. The van der Waals surface area contributed by atoms with E-state index in [-0.39, 0.29) is 11.8 Å². The highest BCUT2D eigenvalue weighted by Gasteiger charge is 2.20. The van der Waals surface area contributed by atoms with E-state index in [2.05, 4.69) is 11.5 Å². The second-order valence-corrected chi connectivity index (χ2v) is 9.79. The van der Waals surface area contributed by atoms with E-state index in [0.717, 1.165) is 35.4 Å². The predicted molar refractivity (Wildman–Crippen MR) is 139 cm³/mol. The fourth-order valence-corrected chi connectivity index (χ4v) is 4.91. The Morgan fingerprint density at radius 2 is 1.18 bits per heavy atom. The lowest BCUT2D eigenvalue weighted by molar-refractivity contribution is -0.140. The summed E-state index contributed by atoms with van der Waals surface area (Å²) in [7, 11) is 3.40. The molecule has 0 N–H and O–H groups in total. The van der Waals surface area contributed by atoms with Gasteiger partial charge in [0.2, 0.25) is 0 Å². The molecule has 1 aromatic heterocycles. The molecule has 4 nitrogen and oxygen atoms in total. The molecule has 0 aliphatic rings. The van der Waals surface area contributed by atoms with Gasteiger partial charge < -0.3 is 9.30 Å². The van der Waals surface area contributed by atoms with Crippen molar-refractivity contribution in [3.8, 4) is 0 Å². The highest BCUT2D eigenvalue weighted by molar-refractivity contribution is 5.99. The van der Waals surface area contributed by atoms with E-state index in [1.54, 1.807) is 0 Å². The molecule has 0 amide bonds. The van der Waals surface area contributed by atoms with Crippen molar-refractivity contribution in [2.45, 2.75) is 136 Å². The molecule has 0 saturated carbocycles. The number of hydrogen-bond acceptors (Lipinski definition) is 3. The minimum Gasteiger partial charge on any atom is -0.469 e. The van der Waals surface area contributed by atoms with Gasteiger partial charge in [-0.25, -0.2) is 0 Å². The maximum absolute atomic E-state index is 12.9. The molecule has 0 radical (unpaired) electrons. The van der Waals surface area contributed by atoms with Crippen LogP contribution in [0.5, 0.6) is 0 Å². The number of nitrogens with zero attached hydrogens (tertiary/aromatic N) is 1. The average molecular weight is 462 g/mol. The van der Waals surface area contributed by atoms with E-state index in [4.69, 9.17) is 4.74 Å². The van der Waals surface area contributed by atoms with Gasteiger partial charge in [-0.15, -0.1) is 0 Å². The van der Waals surface area contributed by atoms with Crippen LogP contribution in [0.2, 0.25) is 0 Å². The number of ether oxygens (including phenoxy) is 1. The summed E-state index contributed by atoms with van der Waals surface area (Å²) < 4.78 is 6.83. The summed E-state index contributed by atoms with van der Waals surface area (Å²) in [4.78, 5) is 24.4. The lowest BCUT2D eigenvalue weighted by Gasteiger charge is -2.05. The Morgan fingerprint density at radius 3 is 1.64 bits per heavy atom. The summed E-state index contributed by atoms with van der Waals surface area (Å²) in [5.74, 6) is 0.0403. The van der Waals surface area contributed by atoms with Gasteiger partial charge >= 0.3 is 5.97 Å². The number of esters is 1. The highest BCUT2D eigenvalue weighted by Crippen LogP contribution is 2.25. The molecule has 0 saturated heterocycles. The topological polar surface area (TPSA) is 48.3 Å². The first-order valence-electron chi connectivity index (χ1n) is 13.7. The zero-order valence-corrected chi connectivity index (χ0v) is 22.4. The molecule has 0 spiro atoms. The maximum atomic E-state index is 12.9. The molecule has 1 aromatic rings. The first kappa shape index (κ1) is 29.5. The number of hydrogen-bond donors (Lipinski definition) is 0. The lowest BCUT2D eigenvalue weighted by Crippen LogP contribution is -2.06. The molecular weight excluding hydrogens is 410 g/mol. The number of unbranched alkanes of at least 4 members (excludes halogenated alkanes) is 14. The van der Waals surface area contributed by atoms with Gasteiger partial charge in [0.25, 0.3) is 0 Å². The molecule has 190 valence electrons. The van der Waals surface area contributed by atoms with Crippen molar-refractivity contribution in [3.05, 3.63) is 22.5 Å². The van der Waals surface area contributed by atoms with E-state index in [1.165, 1.54) is 90.6 Å². The Hall–Kier alpha value is -1.58. The number of aromatic nitrogens is 1. The Kier molecular flexibility index (Phi) is 15.9. The third-order valence-corrected chi connectivity index (χ3v) is 7.16. The number of Topliss-reactive ketones (excluding diaryl/α,β-unsaturated/α-hetero) is 1. The van der Waals surface area contributed by atoms with Crippen LogP contribution in [-0.2, 0) is 23.0 Å². The molecule has 0 aromatic carbocycles. The SMILES string of the molecule is CCCCCCCCCCCCCCCCCC(=O)c1c(C)c(CCC(=O)OC)n(C)c1C. The number of carbonyl (C=O) groups excluding carboxylic acids is 2. The predicted octanol–water partition coefficient (Wildman–Crippen LogP) is 8.19. The van der Waals surface area contributed by atoms with Gasteiger partial charge in [-0.3, -0.25) is 9.59 Å². The summed E-state index contributed by atoms with van der Waals surface area (Å²) in [6.45, 7) is 6.30. The van der Waals surface area contributed by atoms with Crippen molar-refractivity contribution in [3.63, 3.8) is 0 Å². The zero-order chi connectivity index (χ0) is 24.5. The summed E-state index contributed by atoms with van der Waals surface area (Å²) >= 11 is 0. The average Bonchev–Trinajstić information content (AvgIpc) is 3.02. The summed E-state index contributed by atoms with van der Waals surface area (Å²) in [5, 5.41) is 0. The van der Waals surface area contributed by atoms with Gasteiger partial charge in [0.05, 0.1) is 13.5 Å². The van der Waals surface area contributed by atoms with Crippen molar-refractivity contribution in [1.29, 1.82) is 0 Å². The standard InChI is InChI=1S/C29H51NO3/c1-6-7-8-9-10-11-12-13-14-15-16-17-18-19-20-21-27(31)29-24(2)26(30(4)25(29)3)22-23-28(32)33-5/h6-23H2,1-5H3. The van der Waals surface area contributed by atoms with E-state index in [9.17, 15) is 9.59 Å². The van der Waals surface area contributed by atoms with Gasteiger partial charge in [0, 0.05) is 30.4 Å². The van der Waals surface area contributed by atoms with Crippen LogP contribution in [-0.4, -0.2) is 23.4 Å². The van der Waals surface area contributed by atoms with E-state index < -0.39 is 0 Å². The van der Waals surface area contributed by atoms with Crippen molar-refractivity contribution < 1.29 is 14.3 Å². The number of carbonyl (C=O) groups is 2. The molecule has 0 bridgehead atoms. The van der Waals surface area contributed by atoms with Gasteiger partial charge in [-0.2, -0.15) is 0 Å². The van der Waals surface area contributed by atoms with E-state index in [1.807, 2.05) is 20.9 Å². The number of rotatable bonds is 20. The van der Waals surface area contributed by atoms with Crippen LogP contribution in [0.15, 0.2) is 0 Å². The second-order valence-electron chi connectivity index (χ2n) is 9.79. The van der Waals surface area contributed by atoms with E-state index >= 15 is 0 Å². The molecule has 0 fully saturated rings. The van der Waals surface area contributed by atoms with Crippen molar-refractivity contribution in [2.24, 2.45) is 7.05 Å². The highest BCUT2D eigenvalue weighted by atomic mass is 16.5. The molecule has 0 atom stereocenters. The molecule has 4 heteroatoms. The van der Waals surface area contributed by atoms with Gasteiger partial charge in [-0.05, 0) is 32.3 Å². The van der Waals surface area contributed by atoms with Gasteiger partial charge in [0.15, 0.2) is 5.78 Å². The van der Waals surface area contributed by atoms with Crippen LogP contribution in [0.25, 0.3) is 0 Å². The zero-order valence-electron chi connectivity index (χ0n) is 22.4. The van der Waals surface area contributed by atoms with Crippen LogP contribution in [0.3, 0.4) is 0 Å². The summed E-state index contributed by atoms with van der Waals surface area (Å²) in [6, 6.07) is 0. The molecule has 33 heavy (non-hydrogen) atoms. The Labute approximate surface area is 203 Å². The smallest absolute Gasteiger partial charge is 0.305 e. The van der Waals surface area contributed by atoms with Crippen molar-refractivity contribution in [1.82, 2.24) is 4.57 Å². The maximum Gasteiger partial charge on any atom is 0.305 e. The Balaban J connectivity index is 2.15. The first-order chi connectivity index (χ1) is 15.9. The minimum absolute atomic E-state index is 0.209.